The second kappa shape index (κ2) is 5.19. The van der Waals surface area contributed by atoms with Crippen LogP contribution in [-0.2, 0) is 4.79 Å². The summed E-state index contributed by atoms with van der Waals surface area (Å²) in [5, 5.41) is 22.3. The van der Waals surface area contributed by atoms with Crippen LogP contribution in [0.2, 0.25) is 0 Å². The molecule has 0 radical (unpaired) electrons. The topological polar surface area (TPSA) is 102 Å². The van der Waals surface area contributed by atoms with E-state index in [-0.39, 0.29) is 0 Å². The molecule has 1 rings (SSSR count). The van der Waals surface area contributed by atoms with Crippen molar-refractivity contribution in [2.45, 2.75) is 19.4 Å². The average molecular weight is 247 g/mol. The number of benzene rings is 1. The van der Waals surface area contributed by atoms with Gasteiger partial charge in [-0.2, -0.15) is 5.26 Å². The molecule has 6 heteroatoms. The first-order chi connectivity index (χ1) is 8.35. The third kappa shape index (κ3) is 3.49. The fraction of sp³-hybridized carbons (Fsp3) is 0.250. The molecular formula is C12H13N3O3. The lowest BCUT2D eigenvalue weighted by atomic mass is 10.1. The molecule has 0 aliphatic carbocycles. The summed E-state index contributed by atoms with van der Waals surface area (Å²) in [7, 11) is 0. The highest BCUT2D eigenvalue weighted by molar-refractivity contribution is 5.93. The summed E-state index contributed by atoms with van der Waals surface area (Å²) in [6.07, 6.45) is 0. The van der Waals surface area contributed by atoms with Crippen LogP contribution < -0.4 is 10.6 Å². The zero-order valence-electron chi connectivity index (χ0n) is 10.0. The van der Waals surface area contributed by atoms with Crippen molar-refractivity contribution in [2.75, 3.05) is 5.32 Å². The number of hydrogen-bond acceptors (Lipinski definition) is 3. The normalized spacial score (nSPS) is 10.3. The average Bonchev–Trinajstić information content (AvgIpc) is 2.29. The molecule has 3 N–H and O–H groups in total. The van der Waals surface area contributed by atoms with Gasteiger partial charge in [0, 0.05) is 5.69 Å². The predicted octanol–water partition coefficient (Wildman–Crippen LogP) is 1.54. The van der Waals surface area contributed by atoms with Crippen LogP contribution in [0, 0.1) is 11.3 Å². The van der Waals surface area contributed by atoms with Crippen molar-refractivity contribution >= 4 is 17.7 Å². The molecule has 2 amide bonds. The number of nitrogens with one attached hydrogen (secondary N) is 2. The van der Waals surface area contributed by atoms with Gasteiger partial charge in [-0.3, -0.25) is 0 Å². The van der Waals surface area contributed by atoms with E-state index in [0.29, 0.717) is 11.3 Å². The monoisotopic (exact) mass is 247 g/mol. The number of nitriles is 1. The Bertz CT molecular complexity index is 500. The lowest BCUT2D eigenvalue weighted by molar-refractivity contribution is -0.142. The van der Waals surface area contributed by atoms with Gasteiger partial charge >= 0.3 is 12.0 Å². The van der Waals surface area contributed by atoms with Crippen LogP contribution in [0.1, 0.15) is 19.4 Å². The number of carboxylic acid groups (broad SMARTS) is 1. The number of nitrogens with zero attached hydrogens (tertiary/aromatic N) is 1. The molecule has 0 atom stereocenters. The summed E-state index contributed by atoms with van der Waals surface area (Å²) in [5.41, 5.74) is -0.393. The number of urea groups is 1. The second-order valence-electron chi connectivity index (χ2n) is 4.20. The maximum atomic E-state index is 11.5. The van der Waals surface area contributed by atoms with Crippen molar-refractivity contribution in [3.05, 3.63) is 29.8 Å². The Morgan fingerprint density at radius 2 is 1.83 bits per heavy atom. The van der Waals surface area contributed by atoms with E-state index in [1.165, 1.54) is 13.8 Å². The molecule has 0 spiro atoms. The van der Waals surface area contributed by atoms with E-state index in [2.05, 4.69) is 10.6 Å². The third-order valence-corrected chi connectivity index (χ3v) is 2.23. The second-order valence-corrected chi connectivity index (χ2v) is 4.20. The molecule has 0 saturated carbocycles. The molecule has 0 unspecified atom stereocenters. The van der Waals surface area contributed by atoms with Crippen LogP contribution >= 0.6 is 0 Å². The summed E-state index contributed by atoms with van der Waals surface area (Å²) < 4.78 is 0. The number of aliphatic carboxylic acids is 1. The Hall–Kier alpha value is -2.55. The first-order valence-corrected chi connectivity index (χ1v) is 5.18. The summed E-state index contributed by atoms with van der Waals surface area (Å²) in [6, 6.07) is 7.57. The Kier molecular flexibility index (Phi) is 3.89. The van der Waals surface area contributed by atoms with Gasteiger partial charge in [0.05, 0.1) is 11.6 Å². The molecule has 0 aliphatic heterocycles. The van der Waals surface area contributed by atoms with Gasteiger partial charge in [-0.1, -0.05) is 0 Å². The Morgan fingerprint density at radius 1 is 1.28 bits per heavy atom. The summed E-state index contributed by atoms with van der Waals surface area (Å²) in [6.45, 7) is 2.77. The summed E-state index contributed by atoms with van der Waals surface area (Å²) in [5.74, 6) is -1.13. The molecule has 6 nitrogen and oxygen atoms in total. The highest BCUT2D eigenvalue weighted by Gasteiger charge is 2.28. The molecule has 0 aromatic heterocycles. The summed E-state index contributed by atoms with van der Waals surface area (Å²) in [4.78, 5) is 22.4. The van der Waals surface area contributed by atoms with Gasteiger partial charge in [0.1, 0.15) is 5.54 Å². The van der Waals surface area contributed by atoms with Gasteiger partial charge in [-0.15, -0.1) is 0 Å². The number of carbonyl (C=O) groups is 2. The highest BCUT2D eigenvalue weighted by atomic mass is 16.4. The van der Waals surface area contributed by atoms with E-state index >= 15 is 0 Å². The van der Waals surface area contributed by atoms with Crippen molar-refractivity contribution in [1.82, 2.24) is 5.32 Å². The van der Waals surface area contributed by atoms with E-state index in [0.717, 1.165) is 0 Å². The van der Waals surface area contributed by atoms with Gasteiger partial charge in [0.25, 0.3) is 0 Å². The van der Waals surface area contributed by atoms with Gasteiger partial charge in [0.15, 0.2) is 0 Å². The standard InChI is InChI=1S/C12H13N3O3/c1-12(2,10(16)17)15-11(18)14-9-5-3-8(7-13)4-6-9/h3-6H,1-2H3,(H,16,17)(H2,14,15,18). The molecule has 0 heterocycles. The summed E-state index contributed by atoms with van der Waals surface area (Å²) >= 11 is 0. The Labute approximate surface area is 104 Å². The van der Waals surface area contributed by atoms with Crippen LogP contribution in [0.25, 0.3) is 0 Å². The minimum Gasteiger partial charge on any atom is -0.480 e. The van der Waals surface area contributed by atoms with E-state index < -0.39 is 17.5 Å². The Morgan fingerprint density at radius 3 is 2.28 bits per heavy atom. The molecule has 1 aromatic carbocycles. The first kappa shape index (κ1) is 13.5. The number of carboxylic acids is 1. The maximum absolute atomic E-state index is 11.5. The van der Waals surface area contributed by atoms with Crippen molar-refractivity contribution < 1.29 is 14.7 Å². The highest BCUT2D eigenvalue weighted by Crippen LogP contribution is 2.09. The molecule has 94 valence electrons. The van der Waals surface area contributed by atoms with Gasteiger partial charge in [0.2, 0.25) is 0 Å². The molecule has 0 saturated heterocycles. The van der Waals surface area contributed by atoms with Crippen LogP contribution in [-0.4, -0.2) is 22.6 Å². The van der Waals surface area contributed by atoms with Crippen LogP contribution in [0.3, 0.4) is 0 Å². The zero-order chi connectivity index (χ0) is 13.8. The number of carbonyl (C=O) groups excluding carboxylic acids is 1. The van der Waals surface area contributed by atoms with Crippen LogP contribution in [0.4, 0.5) is 10.5 Å². The quantitative estimate of drug-likeness (QED) is 0.753. The minimum absolute atomic E-state index is 0.479. The molecular weight excluding hydrogens is 234 g/mol. The molecule has 0 bridgehead atoms. The zero-order valence-corrected chi connectivity index (χ0v) is 10.0. The first-order valence-electron chi connectivity index (χ1n) is 5.18. The van der Waals surface area contributed by atoms with Gasteiger partial charge < -0.3 is 15.7 Å². The van der Waals surface area contributed by atoms with Crippen molar-refractivity contribution in [3.63, 3.8) is 0 Å². The van der Waals surface area contributed by atoms with Gasteiger partial charge in [-0.25, -0.2) is 9.59 Å². The van der Waals surface area contributed by atoms with Gasteiger partial charge in [-0.05, 0) is 38.1 Å². The van der Waals surface area contributed by atoms with Crippen molar-refractivity contribution in [2.24, 2.45) is 0 Å². The number of rotatable bonds is 3. The fourth-order valence-electron chi connectivity index (χ4n) is 1.13. The third-order valence-electron chi connectivity index (χ3n) is 2.23. The minimum atomic E-state index is -1.35. The van der Waals surface area contributed by atoms with E-state index in [4.69, 9.17) is 10.4 Å². The van der Waals surface area contributed by atoms with Crippen molar-refractivity contribution in [3.8, 4) is 6.07 Å². The van der Waals surface area contributed by atoms with E-state index in [1.807, 2.05) is 6.07 Å². The number of amides is 2. The lowest BCUT2D eigenvalue weighted by Gasteiger charge is -2.21. The van der Waals surface area contributed by atoms with Crippen molar-refractivity contribution in [1.29, 1.82) is 5.26 Å². The largest absolute Gasteiger partial charge is 0.480 e. The Balaban J connectivity index is 2.65. The number of anilines is 1. The predicted molar refractivity (Wildman–Crippen MR) is 65.0 cm³/mol. The maximum Gasteiger partial charge on any atom is 0.328 e. The van der Waals surface area contributed by atoms with Crippen LogP contribution in [0.5, 0.6) is 0 Å². The van der Waals surface area contributed by atoms with Crippen LogP contribution in [0.15, 0.2) is 24.3 Å². The number of hydrogen-bond donors (Lipinski definition) is 3. The fourth-order valence-corrected chi connectivity index (χ4v) is 1.13. The van der Waals surface area contributed by atoms with E-state index in [1.54, 1.807) is 24.3 Å². The molecule has 0 aliphatic rings. The molecule has 18 heavy (non-hydrogen) atoms. The van der Waals surface area contributed by atoms with E-state index in [9.17, 15) is 9.59 Å². The lowest BCUT2D eigenvalue weighted by Crippen LogP contribution is -2.51. The smallest absolute Gasteiger partial charge is 0.328 e. The SMILES string of the molecule is CC(C)(NC(=O)Nc1ccc(C#N)cc1)C(=O)O. The molecule has 0 fully saturated rings. The molecule has 1 aromatic rings.